The smallest absolute Gasteiger partial charge is 0.228 e. The van der Waals surface area contributed by atoms with Crippen LogP contribution in [0.25, 0.3) is 0 Å². The van der Waals surface area contributed by atoms with E-state index < -0.39 is 0 Å². The highest BCUT2D eigenvalue weighted by Crippen LogP contribution is 2.27. The number of methoxy groups -OCH3 is 2. The first kappa shape index (κ1) is 19.2. The third-order valence-electron chi connectivity index (χ3n) is 4.18. The number of rotatable bonds is 8. The Morgan fingerprint density at radius 2 is 1.71 bits per heavy atom. The molecule has 0 radical (unpaired) electrons. The molecule has 0 atom stereocenters. The first-order valence-corrected chi connectivity index (χ1v) is 8.92. The van der Waals surface area contributed by atoms with Crippen LogP contribution in [0.3, 0.4) is 0 Å². The van der Waals surface area contributed by atoms with Crippen molar-refractivity contribution in [1.82, 2.24) is 4.98 Å². The number of carbonyl (C=O) groups is 1. The first-order chi connectivity index (χ1) is 13.7. The summed E-state index contributed by atoms with van der Waals surface area (Å²) in [6, 6.07) is 19.0. The SMILES string of the molecule is COc1ccc(CNc2ccc(NC(=O)Cc3ccccc3)cn2)cc1OC. The number of nitrogens with one attached hydrogen (secondary N) is 2. The molecule has 0 aliphatic carbocycles. The van der Waals surface area contributed by atoms with Crippen LogP contribution in [0.5, 0.6) is 11.5 Å². The number of hydrogen-bond donors (Lipinski definition) is 2. The Kier molecular flexibility index (Phi) is 6.46. The summed E-state index contributed by atoms with van der Waals surface area (Å²) >= 11 is 0. The van der Waals surface area contributed by atoms with Crippen LogP contribution >= 0.6 is 0 Å². The van der Waals surface area contributed by atoms with Gasteiger partial charge in [0.15, 0.2) is 11.5 Å². The summed E-state index contributed by atoms with van der Waals surface area (Å²) in [7, 11) is 3.22. The lowest BCUT2D eigenvalue weighted by atomic mass is 10.1. The maximum absolute atomic E-state index is 12.1. The molecular weight excluding hydrogens is 354 g/mol. The van der Waals surface area contributed by atoms with Crippen molar-refractivity contribution in [3.05, 3.63) is 78.0 Å². The van der Waals surface area contributed by atoms with Gasteiger partial charge < -0.3 is 20.1 Å². The van der Waals surface area contributed by atoms with Gasteiger partial charge in [0.1, 0.15) is 5.82 Å². The highest BCUT2D eigenvalue weighted by Gasteiger charge is 2.06. The Morgan fingerprint density at radius 1 is 0.929 bits per heavy atom. The number of carbonyl (C=O) groups excluding carboxylic acids is 1. The van der Waals surface area contributed by atoms with E-state index in [4.69, 9.17) is 9.47 Å². The Hall–Kier alpha value is -3.54. The van der Waals surface area contributed by atoms with Gasteiger partial charge in [0.2, 0.25) is 5.91 Å². The van der Waals surface area contributed by atoms with Gasteiger partial charge in [0.05, 0.1) is 32.5 Å². The minimum Gasteiger partial charge on any atom is -0.493 e. The summed E-state index contributed by atoms with van der Waals surface area (Å²) in [5.41, 5.74) is 2.68. The molecule has 0 saturated heterocycles. The summed E-state index contributed by atoms with van der Waals surface area (Å²) in [6.45, 7) is 0.590. The average molecular weight is 377 g/mol. The zero-order valence-electron chi connectivity index (χ0n) is 15.9. The van der Waals surface area contributed by atoms with Crippen LogP contribution < -0.4 is 20.1 Å². The van der Waals surface area contributed by atoms with Gasteiger partial charge in [0, 0.05) is 6.54 Å². The van der Waals surface area contributed by atoms with Gasteiger partial charge in [-0.1, -0.05) is 36.4 Å². The lowest BCUT2D eigenvalue weighted by Gasteiger charge is -2.11. The van der Waals surface area contributed by atoms with Crippen molar-refractivity contribution >= 4 is 17.4 Å². The molecule has 28 heavy (non-hydrogen) atoms. The Bertz CT molecular complexity index is 912. The molecule has 0 aliphatic heterocycles. The summed E-state index contributed by atoms with van der Waals surface area (Å²) in [5, 5.41) is 6.11. The second kappa shape index (κ2) is 9.41. The Balaban J connectivity index is 1.54. The van der Waals surface area contributed by atoms with E-state index in [2.05, 4.69) is 15.6 Å². The molecule has 0 aliphatic rings. The van der Waals surface area contributed by atoms with Gasteiger partial charge in [-0.25, -0.2) is 4.98 Å². The molecule has 0 bridgehead atoms. The van der Waals surface area contributed by atoms with Crippen LogP contribution in [0.2, 0.25) is 0 Å². The Morgan fingerprint density at radius 3 is 2.39 bits per heavy atom. The van der Waals surface area contributed by atoms with Crippen LogP contribution in [0.4, 0.5) is 11.5 Å². The normalized spacial score (nSPS) is 10.2. The number of nitrogens with zero attached hydrogens (tertiary/aromatic N) is 1. The van der Waals surface area contributed by atoms with Gasteiger partial charge in [-0.05, 0) is 35.4 Å². The highest BCUT2D eigenvalue weighted by atomic mass is 16.5. The molecular formula is C22H23N3O3. The maximum atomic E-state index is 12.1. The number of amides is 1. The molecule has 0 spiro atoms. The molecule has 1 amide bonds. The van der Waals surface area contributed by atoms with E-state index in [0.29, 0.717) is 30.2 Å². The molecule has 144 valence electrons. The van der Waals surface area contributed by atoms with Gasteiger partial charge >= 0.3 is 0 Å². The fourth-order valence-corrected chi connectivity index (χ4v) is 2.74. The quantitative estimate of drug-likeness (QED) is 0.623. The van der Waals surface area contributed by atoms with Crippen molar-refractivity contribution in [2.24, 2.45) is 0 Å². The minimum atomic E-state index is -0.0703. The number of anilines is 2. The topological polar surface area (TPSA) is 72.5 Å². The Labute approximate surface area is 164 Å². The van der Waals surface area contributed by atoms with Crippen LogP contribution in [0.1, 0.15) is 11.1 Å². The second-order valence-corrected chi connectivity index (χ2v) is 6.19. The molecule has 0 saturated carbocycles. The van der Waals surface area contributed by atoms with Crippen molar-refractivity contribution in [2.75, 3.05) is 24.9 Å². The molecule has 6 nitrogen and oxygen atoms in total. The van der Waals surface area contributed by atoms with E-state index in [0.717, 1.165) is 16.9 Å². The van der Waals surface area contributed by atoms with Crippen molar-refractivity contribution in [1.29, 1.82) is 0 Å². The van der Waals surface area contributed by atoms with Crippen LogP contribution in [0, 0.1) is 0 Å². The van der Waals surface area contributed by atoms with Crippen molar-refractivity contribution in [3.63, 3.8) is 0 Å². The largest absolute Gasteiger partial charge is 0.493 e. The molecule has 6 heteroatoms. The van der Waals surface area contributed by atoms with Gasteiger partial charge in [-0.15, -0.1) is 0 Å². The first-order valence-electron chi connectivity index (χ1n) is 8.92. The van der Waals surface area contributed by atoms with E-state index in [-0.39, 0.29) is 5.91 Å². The standard InChI is InChI=1S/C22H23N3O3/c1-27-19-10-8-17(12-20(19)28-2)14-23-21-11-9-18(15-24-21)25-22(26)13-16-6-4-3-5-7-16/h3-12,15H,13-14H2,1-2H3,(H,23,24)(H,25,26). The van der Waals surface area contributed by atoms with Crippen molar-refractivity contribution < 1.29 is 14.3 Å². The number of pyridine rings is 1. The zero-order valence-corrected chi connectivity index (χ0v) is 15.9. The fraction of sp³-hybridized carbons (Fsp3) is 0.182. The predicted octanol–water partition coefficient (Wildman–Crippen LogP) is 3.89. The van der Waals surface area contributed by atoms with Crippen molar-refractivity contribution in [3.8, 4) is 11.5 Å². The molecule has 3 rings (SSSR count). The monoisotopic (exact) mass is 377 g/mol. The van der Waals surface area contributed by atoms with Crippen LogP contribution in [-0.4, -0.2) is 25.1 Å². The van der Waals surface area contributed by atoms with Crippen LogP contribution in [-0.2, 0) is 17.8 Å². The molecule has 0 fully saturated rings. The number of ether oxygens (including phenoxy) is 2. The number of aromatic nitrogens is 1. The average Bonchev–Trinajstić information content (AvgIpc) is 2.73. The van der Waals surface area contributed by atoms with E-state index in [1.807, 2.05) is 60.7 Å². The molecule has 2 aromatic carbocycles. The fourth-order valence-electron chi connectivity index (χ4n) is 2.74. The van der Waals surface area contributed by atoms with E-state index in [1.54, 1.807) is 20.4 Å². The predicted molar refractivity (Wildman–Crippen MR) is 110 cm³/mol. The van der Waals surface area contributed by atoms with Gasteiger partial charge in [0.25, 0.3) is 0 Å². The second-order valence-electron chi connectivity index (χ2n) is 6.19. The van der Waals surface area contributed by atoms with Crippen LogP contribution in [0.15, 0.2) is 66.9 Å². The molecule has 3 aromatic rings. The van der Waals surface area contributed by atoms with E-state index >= 15 is 0 Å². The number of hydrogen-bond acceptors (Lipinski definition) is 5. The summed E-state index contributed by atoms with van der Waals surface area (Å²) in [4.78, 5) is 16.5. The number of benzene rings is 2. The molecule has 1 aromatic heterocycles. The molecule has 2 N–H and O–H groups in total. The van der Waals surface area contributed by atoms with Gasteiger partial charge in [-0.2, -0.15) is 0 Å². The minimum absolute atomic E-state index is 0.0703. The lowest BCUT2D eigenvalue weighted by molar-refractivity contribution is -0.115. The molecule has 1 heterocycles. The maximum Gasteiger partial charge on any atom is 0.228 e. The third kappa shape index (κ3) is 5.23. The van der Waals surface area contributed by atoms with Crippen molar-refractivity contribution in [2.45, 2.75) is 13.0 Å². The third-order valence-corrected chi connectivity index (χ3v) is 4.18. The lowest BCUT2D eigenvalue weighted by Crippen LogP contribution is -2.14. The summed E-state index contributed by atoms with van der Waals surface area (Å²) < 4.78 is 10.6. The zero-order chi connectivity index (χ0) is 19.8. The highest BCUT2D eigenvalue weighted by molar-refractivity contribution is 5.92. The molecule has 0 unspecified atom stereocenters. The summed E-state index contributed by atoms with van der Waals surface area (Å²) in [6.07, 6.45) is 1.97. The van der Waals surface area contributed by atoms with Gasteiger partial charge in [-0.3, -0.25) is 4.79 Å². The summed E-state index contributed by atoms with van der Waals surface area (Å²) in [5.74, 6) is 2.03. The van der Waals surface area contributed by atoms with E-state index in [9.17, 15) is 4.79 Å². The van der Waals surface area contributed by atoms with E-state index in [1.165, 1.54) is 0 Å².